The van der Waals surface area contributed by atoms with E-state index in [1.807, 2.05) is 0 Å². The molecule has 2 aromatic rings. The van der Waals surface area contributed by atoms with E-state index < -0.39 is 12.2 Å². The van der Waals surface area contributed by atoms with Crippen molar-refractivity contribution >= 4 is 12.2 Å². The highest BCUT2D eigenvalue weighted by molar-refractivity contribution is 5.71. The lowest BCUT2D eigenvalue weighted by molar-refractivity contribution is 0.197. The van der Waals surface area contributed by atoms with E-state index in [9.17, 15) is 19.8 Å². The first-order valence-electron chi connectivity index (χ1n) is 9.03. The van der Waals surface area contributed by atoms with E-state index in [1.165, 1.54) is 24.3 Å². The third kappa shape index (κ3) is 7.45. The molecule has 0 heterocycles. The molecule has 2 rings (SSSR count). The van der Waals surface area contributed by atoms with Crippen LogP contribution in [-0.2, 0) is 0 Å². The van der Waals surface area contributed by atoms with E-state index >= 15 is 0 Å². The van der Waals surface area contributed by atoms with Crippen molar-refractivity contribution in [3.8, 4) is 23.0 Å². The lowest BCUT2D eigenvalue weighted by Gasteiger charge is -2.08. The van der Waals surface area contributed by atoms with Crippen LogP contribution < -0.4 is 20.1 Å². The summed E-state index contributed by atoms with van der Waals surface area (Å²) in [4.78, 5) is 23.3. The molecule has 0 saturated heterocycles. The Morgan fingerprint density at radius 3 is 1.46 bits per heavy atom. The van der Waals surface area contributed by atoms with Crippen molar-refractivity contribution in [2.24, 2.45) is 0 Å². The van der Waals surface area contributed by atoms with Crippen molar-refractivity contribution in [3.05, 3.63) is 48.5 Å². The molecular formula is C20H24N2O6. The highest BCUT2D eigenvalue weighted by Gasteiger charge is 2.08. The normalized spacial score (nSPS) is 10.1. The van der Waals surface area contributed by atoms with Crippen LogP contribution in [0, 0.1) is 0 Å². The Labute approximate surface area is 163 Å². The Balaban J connectivity index is 1.48. The highest BCUT2D eigenvalue weighted by Crippen LogP contribution is 2.25. The molecule has 0 aliphatic rings. The van der Waals surface area contributed by atoms with Crippen LogP contribution in [0.2, 0.25) is 0 Å². The van der Waals surface area contributed by atoms with Crippen LogP contribution in [0.1, 0.15) is 25.7 Å². The second kappa shape index (κ2) is 11.3. The summed E-state index contributed by atoms with van der Waals surface area (Å²) in [7, 11) is 0. The number of ether oxygens (including phenoxy) is 2. The van der Waals surface area contributed by atoms with Crippen molar-refractivity contribution in [3.63, 3.8) is 0 Å². The molecule has 8 heteroatoms. The van der Waals surface area contributed by atoms with E-state index in [0.717, 1.165) is 25.7 Å². The van der Waals surface area contributed by atoms with Crippen molar-refractivity contribution in [2.45, 2.75) is 25.7 Å². The third-order valence-corrected chi connectivity index (χ3v) is 3.78. The lowest BCUT2D eigenvalue weighted by Crippen LogP contribution is -2.28. The van der Waals surface area contributed by atoms with Crippen molar-refractivity contribution in [2.75, 3.05) is 13.1 Å². The molecule has 0 aliphatic heterocycles. The van der Waals surface area contributed by atoms with Gasteiger partial charge in [0.25, 0.3) is 0 Å². The van der Waals surface area contributed by atoms with Gasteiger partial charge >= 0.3 is 12.2 Å². The van der Waals surface area contributed by atoms with Crippen LogP contribution in [0.3, 0.4) is 0 Å². The summed E-state index contributed by atoms with van der Waals surface area (Å²) in [5.74, 6) is 0.0425. The van der Waals surface area contributed by atoms with Crippen LogP contribution in [-0.4, -0.2) is 35.5 Å². The Kier molecular flexibility index (Phi) is 8.45. The molecule has 8 nitrogen and oxygen atoms in total. The zero-order valence-electron chi connectivity index (χ0n) is 15.4. The first-order valence-corrected chi connectivity index (χ1v) is 9.03. The molecule has 0 aromatic heterocycles. The Morgan fingerprint density at radius 2 is 1.07 bits per heavy atom. The molecule has 0 spiro atoms. The lowest BCUT2D eigenvalue weighted by atomic mass is 10.2. The number of phenols is 2. The molecule has 0 radical (unpaired) electrons. The van der Waals surface area contributed by atoms with Gasteiger partial charge < -0.3 is 30.3 Å². The predicted octanol–water partition coefficient (Wildman–Crippen LogP) is 3.54. The van der Waals surface area contributed by atoms with E-state index in [4.69, 9.17) is 9.47 Å². The average Bonchev–Trinajstić information content (AvgIpc) is 2.67. The van der Waals surface area contributed by atoms with Crippen LogP contribution in [0.4, 0.5) is 9.59 Å². The second-order valence-electron chi connectivity index (χ2n) is 5.98. The van der Waals surface area contributed by atoms with Gasteiger partial charge in [-0.15, -0.1) is 0 Å². The summed E-state index contributed by atoms with van der Waals surface area (Å²) in [6, 6.07) is 12.5. The number of hydrogen-bond donors (Lipinski definition) is 4. The fraction of sp³-hybridized carbons (Fsp3) is 0.300. The molecule has 2 aromatic carbocycles. The molecule has 4 N–H and O–H groups in total. The van der Waals surface area contributed by atoms with Gasteiger partial charge in [-0.05, 0) is 37.1 Å². The molecule has 28 heavy (non-hydrogen) atoms. The van der Waals surface area contributed by atoms with Crippen molar-refractivity contribution in [1.29, 1.82) is 0 Å². The minimum Gasteiger partial charge on any atom is -0.504 e. The SMILES string of the molecule is O=C(NCCCCCCNC(=O)Oc1ccccc1O)Oc1ccccc1O. The number of carbonyl (C=O) groups is 2. The summed E-state index contributed by atoms with van der Waals surface area (Å²) < 4.78 is 9.99. The largest absolute Gasteiger partial charge is 0.504 e. The Hall–Kier alpha value is -3.42. The molecule has 0 aliphatic carbocycles. The fourth-order valence-corrected chi connectivity index (χ4v) is 2.34. The van der Waals surface area contributed by atoms with Gasteiger partial charge in [-0.2, -0.15) is 0 Å². The van der Waals surface area contributed by atoms with Gasteiger partial charge in [0.15, 0.2) is 23.0 Å². The van der Waals surface area contributed by atoms with Gasteiger partial charge in [0.1, 0.15) is 0 Å². The maximum absolute atomic E-state index is 11.6. The number of unbranched alkanes of at least 4 members (excludes halogenated alkanes) is 3. The topological polar surface area (TPSA) is 117 Å². The number of nitrogens with one attached hydrogen (secondary N) is 2. The van der Waals surface area contributed by atoms with Gasteiger partial charge in [0.05, 0.1) is 0 Å². The van der Waals surface area contributed by atoms with Gasteiger partial charge in [-0.25, -0.2) is 9.59 Å². The maximum Gasteiger partial charge on any atom is 0.412 e. The zero-order chi connectivity index (χ0) is 20.2. The van der Waals surface area contributed by atoms with E-state index in [1.54, 1.807) is 24.3 Å². The number of aromatic hydroxyl groups is 2. The monoisotopic (exact) mass is 388 g/mol. The first kappa shape index (κ1) is 20.9. The second-order valence-corrected chi connectivity index (χ2v) is 5.98. The third-order valence-electron chi connectivity index (χ3n) is 3.78. The average molecular weight is 388 g/mol. The minimum absolute atomic E-state index is 0.0915. The molecule has 0 atom stereocenters. The molecule has 0 fully saturated rings. The molecule has 0 bridgehead atoms. The van der Waals surface area contributed by atoms with Crippen molar-refractivity contribution < 1.29 is 29.3 Å². The highest BCUT2D eigenvalue weighted by atomic mass is 16.6. The number of carbonyl (C=O) groups excluding carboxylic acids is 2. The minimum atomic E-state index is -0.616. The first-order chi connectivity index (χ1) is 13.6. The smallest absolute Gasteiger partial charge is 0.412 e. The van der Waals surface area contributed by atoms with Crippen LogP contribution in [0.25, 0.3) is 0 Å². The molecule has 0 unspecified atom stereocenters. The fourth-order valence-electron chi connectivity index (χ4n) is 2.34. The Bertz CT molecular complexity index is 715. The van der Waals surface area contributed by atoms with Crippen LogP contribution in [0.5, 0.6) is 23.0 Å². The number of hydrogen-bond acceptors (Lipinski definition) is 6. The Morgan fingerprint density at radius 1 is 0.679 bits per heavy atom. The summed E-state index contributed by atoms with van der Waals surface area (Å²) in [5, 5.41) is 24.3. The summed E-state index contributed by atoms with van der Waals surface area (Å²) in [6.45, 7) is 0.907. The van der Waals surface area contributed by atoms with Crippen LogP contribution >= 0.6 is 0 Å². The van der Waals surface area contributed by atoms with Crippen molar-refractivity contribution in [1.82, 2.24) is 10.6 Å². The number of amides is 2. The predicted molar refractivity (Wildman–Crippen MR) is 103 cm³/mol. The standard InChI is InChI=1S/C20H24N2O6/c23-15-9-3-5-11-17(15)27-19(25)21-13-7-1-2-8-14-22-20(26)28-18-12-6-4-10-16(18)24/h3-6,9-12,23-24H,1-2,7-8,13-14H2,(H,21,25)(H,22,26). The van der Waals surface area contributed by atoms with Gasteiger partial charge in [0.2, 0.25) is 0 Å². The van der Waals surface area contributed by atoms with Gasteiger partial charge in [-0.1, -0.05) is 37.1 Å². The molecular weight excluding hydrogens is 364 g/mol. The maximum atomic E-state index is 11.6. The number of phenolic OH excluding ortho intramolecular Hbond substituents is 2. The summed E-state index contributed by atoms with van der Waals surface area (Å²) in [5.41, 5.74) is 0. The van der Waals surface area contributed by atoms with Gasteiger partial charge in [0, 0.05) is 13.1 Å². The zero-order valence-corrected chi connectivity index (χ0v) is 15.4. The van der Waals surface area contributed by atoms with E-state index in [-0.39, 0.29) is 23.0 Å². The van der Waals surface area contributed by atoms with E-state index in [0.29, 0.717) is 13.1 Å². The van der Waals surface area contributed by atoms with Crippen LogP contribution in [0.15, 0.2) is 48.5 Å². The number of para-hydroxylation sites is 4. The quantitative estimate of drug-likeness (QED) is 0.488. The molecule has 150 valence electrons. The summed E-state index contributed by atoms with van der Waals surface area (Å²) >= 11 is 0. The molecule has 2 amide bonds. The van der Waals surface area contributed by atoms with Gasteiger partial charge in [-0.3, -0.25) is 0 Å². The van der Waals surface area contributed by atoms with E-state index in [2.05, 4.69) is 10.6 Å². The number of benzene rings is 2. The summed E-state index contributed by atoms with van der Waals surface area (Å²) in [6.07, 6.45) is 2.03. The number of rotatable bonds is 9. The molecule has 0 saturated carbocycles.